The summed E-state index contributed by atoms with van der Waals surface area (Å²) in [6.45, 7) is 4.97. The molecule has 11 nitrogen and oxygen atoms in total. The number of nitro benzene ring substituents is 1. The monoisotopic (exact) mass is 445 g/mol. The van der Waals surface area contributed by atoms with Crippen molar-refractivity contribution in [2.45, 2.75) is 58.4 Å². The fraction of sp³-hybridized carbons (Fsp3) is 0.500. The van der Waals surface area contributed by atoms with Crippen molar-refractivity contribution in [2.24, 2.45) is 0 Å². The second kappa shape index (κ2) is 9.72. The van der Waals surface area contributed by atoms with Crippen LogP contribution < -0.4 is 4.74 Å². The Morgan fingerprint density at radius 2 is 1.53 bits per heavy atom. The molecule has 164 valence electrons. The van der Waals surface area contributed by atoms with Crippen LogP contribution >= 0.6 is 11.6 Å². The molecule has 5 atom stereocenters. The molecule has 0 bridgehead atoms. The average Bonchev–Trinajstić information content (AvgIpc) is 2.61. The lowest BCUT2D eigenvalue weighted by Crippen LogP contribution is -2.62. The van der Waals surface area contributed by atoms with Gasteiger partial charge in [0.05, 0.1) is 16.0 Å². The third kappa shape index (κ3) is 5.80. The molecule has 0 aromatic heterocycles. The minimum atomic E-state index is -1.32. The molecule has 1 saturated heterocycles. The van der Waals surface area contributed by atoms with E-state index < -0.39 is 53.5 Å². The summed E-state index contributed by atoms with van der Waals surface area (Å²) in [5.74, 6) is -2.10. The Hall–Kier alpha value is -2.92. The van der Waals surface area contributed by atoms with E-state index in [-0.39, 0.29) is 16.5 Å². The normalized spacial score (nSPS) is 25.7. The number of carbonyl (C=O) groups is 3. The van der Waals surface area contributed by atoms with Gasteiger partial charge in [0.15, 0.2) is 12.2 Å². The average molecular weight is 446 g/mol. The number of hydrogen-bond donors (Lipinski definition) is 0. The first-order valence-corrected chi connectivity index (χ1v) is 9.15. The van der Waals surface area contributed by atoms with Crippen LogP contribution in [0.4, 0.5) is 5.69 Å². The van der Waals surface area contributed by atoms with Crippen molar-refractivity contribution >= 4 is 35.2 Å². The van der Waals surface area contributed by atoms with Crippen molar-refractivity contribution < 1.29 is 43.0 Å². The first-order valence-electron chi connectivity index (χ1n) is 8.77. The standard InChI is InChI=1S/C18H20ClNO10/c1-8-15(27-9(2)21)16(28-10(3)22)17(29-11(4)23)18(26-8)30-14-6-5-12(20(24)25)7-13(14)19/h5-8,15-18H,1-4H3/t8-,15-,16+,17+,18-/m0/s1. The molecule has 1 aromatic rings. The predicted octanol–water partition coefficient (Wildman–Crippen LogP) is 2.17. The van der Waals surface area contributed by atoms with Crippen LogP contribution in [0.25, 0.3) is 0 Å². The van der Waals surface area contributed by atoms with Gasteiger partial charge in [-0.2, -0.15) is 0 Å². The van der Waals surface area contributed by atoms with Gasteiger partial charge in [-0.3, -0.25) is 24.5 Å². The number of carbonyl (C=O) groups excluding carboxylic acids is 3. The SMILES string of the molecule is CC(=O)O[C@@H]1[C@@H](OC(C)=O)[C@H](C)O[C@@H](Oc2ccc([N+](=O)[O-])cc2Cl)[C@@H]1OC(C)=O. The number of nitro groups is 1. The van der Waals surface area contributed by atoms with E-state index in [1.165, 1.54) is 12.1 Å². The lowest BCUT2D eigenvalue weighted by atomic mass is 9.99. The summed E-state index contributed by atoms with van der Waals surface area (Å²) < 4.78 is 27.1. The van der Waals surface area contributed by atoms with E-state index in [1.54, 1.807) is 6.92 Å². The van der Waals surface area contributed by atoms with E-state index >= 15 is 0 Å². The summed E-state index contributed by atoms with van der Waals surface area (Å²) in [4.78, 5) is 45.0. The van der Waals surface area contributed by atoms with Crippen LogP contribution in [0.1, 0.15) is 27.7 Å². The maximum atomic E-state index is 11.7. The number of benzene rings is 1. The van der Waals surface area contributed by atoms with Gasteiger partial charge in [-0.25, -0.2) is 0 Å². The van der Waals surface area contributed by atoms with Gasteiger partial charge in [-0.1, -0.05) is 11.6 Å². The van der Waals surface area contributed by atoms with Crippen LogP contribution in [0.15, 0.2) is 18.2 Å². The molecular formula is C18H20ClNO10. The molecule has 30 heavy (non-hydrogen) atoms. The smallest absolute Gasteiger partial charge is 0.303 e. The van der Waals surface area contributed by atoms with Gasteiger partial charge in [-0.05, 0) is 13.0 Å². The van der Waals surface area contributed by atoms with Gasteiger partial charge in [0.1, 0.15) is 5.75 Å². The molecule has 0 saturated carbocycles. The quantitative estimate of drug-likeness (QED) is 0.277. The molecule has 0 aliphatic carbocycles. The third-order valence-electron chi connectivity index (χ3n) is 4.00. The summed E-state index contributed by atoms with van der Waals surface area (Å²) in [6, 6.07) is 3.49. The number of halogens is 1. The number of rotatable bonds is 6. The van der Waals surface area contributed by atoms with Crippen LogP contribution in [-0.2, 0) is 33.3 Å². The second-order valence-electron chi connectivity index (χ2n) is 6.42. The highest BCUT2D eigenvalue weighted by molar-refractivity contribution is 6.32. The second-order valence-corrected chi connectivity index (χ2v) is 6.83. The molecule has 0 unspecified atom stereocenters. The van der Waals surface area contributed by atoms with E-state index in [0.717, 1.165) is 26.8 Å². The zero-order valence-corrected chi connectivity index (χ0v) is 17.3. The highest BCUT2D eigenvalue weighted by Gasteiger charge is 2.51. The Morgan fingerprint density at radius 3 is 2.03 bits per heavy atom. The zero-order valence-electron chi connectivity index (χ0n) is 16.5. The molecule has 0 N–H and O–H groups in total. The lowest BCUT2D eigenvalue weighted by Gasteiger charge is -2.43. The van der Waals surface area contributed by atoms with Gasteiger partial charge >= 0.3 is 17.9 Å². The summed E-state index contributed by atoms with van der Waals surface area (Å²) in [5, 5.41) is 10.8. The number of hydrogen-bond acceptors (Lipinski definition) is 10. The molecule has 1 aliphatic heterocycles. The van der Waals surface area contributed by atoms with E-state index in [0.29, 0.717) is 0 Å². The minimum Gasteiger partial charge on any atom is -0.459 e. The summed E-state index contributed by atoms with van der Waals surface area (Å²) >= 11 is 6.05. The Labute approximate surface area is 176 Å². The molecule has 2 rings (SSSR count). The van der Waals surface area contributed by atoms with Crippen molar-refractivity contribution in [1.29, 1.82) is 0 Å². The Balaban J connectivity index is 2.39. The molecule has 0 amide bonds. The topological polar surface area (TPSA) is 141 Å². The maximum absolute atomic E-state index is 11.7. The maximum Gasteiger partial charge on any atom is 0.303 e. The number of ether oxygens (including phenoxy) is 5. The van der Waals surface area contributed by atoms with Crippen LogP contribution in [0.3, 0.4) is 0 Å². The number of esters is 3. The van der Waals surface area contributed by atoms with Crippen LogP contribution in [0, 0.1) is 10.1 Å². The van der Waals surface area contributed by atoms with Gasteiger partial charge in [0.2, 0.25) is 12.4 Å². The minimum absolute atomic E-state index is 0.00382. The van der Waals surface area contributed by atoms with E-state index in [2.05, 4.69) is 0 Å². The molecule has 0 spiro atoms. The Morgan fingerprint density at radius 1 is 1.00 bits per heavy atom. The van der Waals surface area contributed by atoms with Crippen molar-refractivity contribution in [3.8, 4) is 5.75 Å². The molecule has 1 aliphatic rings. The van der Waals surface area contributed by atoms with E-state index in [1.807, 2.05) is 0 Å². The van der Waals surface area contributed by atoms with Crippen LogP contribution in [-0.4, -0.2) is 53.5 Å². The third-order valence-corrected chi connectivity index (χ3v) is 4.30. The first-order chi connectivity index (χ1) is 14.0. The van der Waals surface area contributed by atoms with Gasteiger partial charge in [-0.15, -0.1) is 0 Å². The number of non-ortho nitro benzene ring substituents is 1. The van der Waals surface area contributed by atoms with Crippen molar-refractivity contribution in [3.05, 3.63) is 33.3 Å². The first kappa shape index (κ1) is 23.4. The Kier molecular flexibility index (Phi) is 7.57. The molecule has 1 heterocycles. The fourth-order valence-corrected chi connectivity index (χ4v) is 3.11. The van der Waals surface area contributed by atoms with Crippen LogP contribution in [0.2, 0.25) is 5.02 Å². The fourth-order valence-electron chi connectivity index (χ4n) is 2.89. The largest absolute Gasteiger partial charge is 0.459 e. The molecule has 12 heteroatoms. The summed E-state index contributed by atoms with van der Waals surface area (Å²) in [6.07, 6.45) is -5.78. The van der Waals surface area contributed by atoms with E-state index in [9.17, 15) is 24.5 Å². The highest BCUT2D eigenvalue weighted by atomic mass is 35.5. The van der Waals surface area contributed by atoms with Crippen molar-refractivity contribution in [3.63, 3.8) is 0 Å². The van der Waals surface area contributed by atoms with Crippen molar-refractivity contribution in [1.82, 2.24) is 0 Å². The highest BCUT2D eigenvalue weighted by Crippen LogP contribution is 2.34. The van der Waals surface area contributed by atoms with Crippen molar-refractivity contribution in [2.75, 3.05) is 0 Å². The van der Waals surface area contributed by atoms with E-state index in [4.69, 9.17) is 35.3 Å². The molecule has 0 radical (unpaired) electrons. The molecular weight excluding hydrogens is 426 g/mol. The summed E-state index contributed by atoms with van der Waals surface area (Å²) in [7, 11) is 0. The zero-order chi connectivity index (χ0) is 22.6. The molecule has 1 fully saturated rings. The predicted molar refractivity (Wildman–Crippen MR) is 99.7 cm³/mol. The summed E-state index contributed by atoms with van der Waals surface area (Å²) in [5.41, 5.74) is -0.255. The lowest BCUT2D eigenvalue weighted by molar-refractivity contribution is -0.384. The number of nitrogens with zero attached hydrogens (tertiary/aromatic N) is 1. The molecule has 1 aromatic carbocycles. The van der Waals surface area contributed by atoms with Gasteiger partial charge in [0.25, 0.3) is 5.69 Å². The Bertz CT molecular complexity index is 844. The van der Waals surface area contributed by atoms with Gasteiger partial charge in [0, 0.05) is 32.9 Å². The van der Waals surface area contributed by atoms with Gasteiger partial charge < -0.3 is 23.7 Å². The van der Waals surface area contributed by atoms with Crippen LogP contribution in [0.5, 0.6) is 5.75 Å².